The fourth-order valence-electron chi connectivity index (χ4n) is 3.19. The highest BCUT2D eigenvalue weighted by atomic mass is 127. The SMILES string of the molecule is CCCCCCCCCCCCCOC(=O)c1ccc(I)c(C(=O)O)c1C(=O)O. The molecule has 0 unspecified atom stereocenters. The molecule has 2 N–H and O–H groups in total. The molecule has 1 aromatic carbocycles. The lowest BCUT2D eigenvalue weighted by molar-refractivity contribution is 0.0487. The fraction of sp³-hybridized carbons (Fsp3) is 0.591. The van der Waals surface area contributed by atoms with E-state index in [1.54, 1.807) is 22.6 Å². The summed E-state index contributed by atoms with van der Waals surface area (Å²) >= 11 is 1.74. The number of benzene rings is 1. The van der Waals surface area contributed by atoms with Gasteiger partial charge in [0.15, 0.2) is 0 Å². The molecule has 1 rings (SSSR count). The first-order valence-corrected chi connectivity index (χ1v) is 11.4. The zero-order valence-electron chi connectivity index (χ0n) is 17.0. The number of rotatable bonds is 15. The van der Waals surface area contributed by atoms with Crippen LogP contribution in [0, 0.1) is 3.57 Å². The number of ether oxygens (including phenoxy) is 1. The van der Waals surface area contributed by atoms with Gasteiger partial charge >= 0.3 is 17.9 Å². The summed E-state index contributed by atoms with van der Waals surface area (Å²) in [5.74, 6) is -3.64. The van der Waals surface area contributed by atoms with E-state index >= 15 is 0 Å². The fourth-order valence-corrected chi connectivity index (χ4v) is 3.87. The highest BCUT2D eigenvalue weighted by molar-refractivity contribution is 14.1. The van der Waals surface area contributed by atoms with Crippen molar-refractivity contribution in [3.05, 3.63) is 32.4 Å². The van der Waals surface area contributed by atoms with E-state index in [2.05, 4.69) is 6.92 Å². The summed E-state index contributed by atoms with van der Waals surface area (Å²) in [6.45, 7) is 2.42. The minimum atomic E-state index is -1.46. The molecule has 0 aliphatic heterocycles. The number of carboxylic acids is 2. The van der Waals surface area contributed by atoms with Crippen LogP contribution in [0.4, 0.5) is 0 Å². The minimum Gasteiger partial charge on any atom is -0.478 e. The molecule has 0 aliphatic carbocycles. The first-order valence-electron chi connectivity index (χ1n) is 10.4. The third kappa shape index (κ3) is 9.14. The number of carbonyl (C=O) groups excluding carboxylic acids is 1. The van der Waals surface area contributed by atoms with Crippen molar-refractivity contribution in [3.8, 4) is 0 Å². The third-order valence-electron chi connectivity index (χ3n) is 4.78. The minimum absolute atomic E-state index is 0.198. The van der Waals surface area contributed by atoms with Crippen molar-refractivity contribution in [2.45, 2.75) is 77.6 Å². The van der Waals surface area contributed by atoms with E-state index in [0.717, 1.165) is 12.8 Å². The van der Waals surface area contributed by atoms with E-state index in [0.29, 0.717) is 6.42 Å². The zero-order chi connectivity index (χ0) is 21.6. The topological polar surface area (TPSA) is 101 Å². The van der Waals surface area contributed by atoms with Gasteiger partial charge in [-0.25, -0.2) is 14.4 Å². The van der Waals surface area contributed by atoms with Gasteiger partial charge in [-0.15, -0.1) is 0 Å². The Morgan fingerprint density at radius 3 is 1.76 bits per heavy atom. The average molecular weight is 518 g/mol. The molecule has 6 nitrogen and oxygen atoms in total. The summed E-state index contributed by atoms with van der Waals surface area (Å²) in [6.07, 6.45) is 13.0. The van der Waals surface area contributed by atoms with Crippen LogP contribution in [-0.2, 0) is 4.74 Å². The van der Waals surface area contributed by atoms with Crippen LogP contribution in [0.25, 0.3) is 0 Å². The van der Waals surface area contributed by atoms with E-state index in [1.807, 2.05) is 0 Å². The standard InChI is InChI=1S/C22H31IO6/c1-2-3-4-5-6-7-8-9-10-11-12-15-29-22(28)16-13-14-17(23)19(21(26)27)18(16)20(24)25/h13-14H,2-12,15H2,1H3,(H,24,25)(H,26,27). The zero-order valence-corrected chi connectivity index (χ0v) is 19.2. The Morgan fingerprint density at radius 2 is 1.28 bits per heavy atom. The van der Waals surface area contributed by atoms with E-state index in [9.17, 15) is 24.6 Å². The van der Waals surface area contributed by atoms with Crippen LogP contribution in [0.3, 0.4) is 0 Å². The number of hydrogen-bond acceptors (Lipinski definition) is 4. The van der Waals surface area contributed by atoms with Gasteiger partial charge in [0.2, 0.25) is 0 Å². The summed E-state index contributed by atoms with van der Waals surface area (Å²) in [5.41, 5.74) is -1.13. The van der Waals surface area contributed by atoms with Crippen molar-refractivity contribution >= 4 is 40.5 Å². The number of aromatic carboxylic acids is 2. The number of unbranched alkanes of at least 4 members (excludes halogenated alkanes) is 10. The van der Waals surface area contributed by atoms with Crippen LogP contribution in [0.1, 0.15) is 109 Å². The van der Waals surface area contributed by atoms with E-state index in [4.69, 9.17) is 4.74 Å². The summed E-state index contributed by atoms with van der Waals surface area (Å²) in [4.78, 5) is 35.1. The second kappa shape index (κ2) is 14.4. The molecule has 0 saturated carbocycles. The van der Waals surface area contributed by atoms with Gasteiger partial charge in [-0.3, -0.25) is 0 Å². The van der Waals surface area contributed by atoms with Crippen molar-refractivity contribution in [1.82, 2.24) is 0 Å². The normalized spacial score (nSPS) is 10.7. The quantitative estimate of drug-likeness (QED) is 0.164. The highest BCUT2D eigenvalue weighted by Crippen LogP contribution is 2.22. The molecule has 0 spiro atoms. The van der Waals surface area contributed by atoms with Crippen molar-refractivity contribution in [3.63, 3.8) is 0 Å². The molecule has 0 atom stereocenters. The summed E-state index contributed by atoms with van der Waals surface area (Å²) in [5, 5.41) is 18.6. The molecule has 1 aromatic rings. The predicted octanol–water partition coefficient (Wildman–Crippen LogP) is 6.16. The van der Waals surface area contributed by atoms with Gasteiger partial charge in [-0.1, -0.05) is 71.1 Å². The van der Waals surface area contributed by atoms with Gasteiger partial charge in [0, 0.05) is 3.57 Å². The van der Waals surface area contributed by atoms with Gasteiger partial charge in [0.05, 0.1) is 23.3 Å². The van der Waals surface area contributed by atoms with Gasteiger partial charge in [-0.05, 0) is 41.1 Å². The second-order valence-electron chi connectivity index (χ2n) is 7.13. The number of carboxylic acid groups (broad SMARTS) is 2. The van der Waals surface area contributed by atoms with Gasteiger partial charge in [-0.2, -0.15) is 0 Å². The largest absolute Gasteiger partial charge is 0.478 e. The second-order valence-corrected chi connectivity index (χ2v) is 8.29. The maximum atomic E-state index is 12.3. The molecule has 0 fully saturated rings. The Labute approximate surface area is 186 Å². The van der Waals surface area contributed by atoms with Crippen molar-refractivity contribution in [2.24, 2.45) is 0 Å². The first-order chi connectivity index (χ1) is 13.9. The van der Waals surface area contributed by atoms with Gasteiger partial charge in [0.25, 0.3) is 0 Å². The third-order valence-corrected chi connectivity index (χ3v) is 5.68. The number of carbonyl (C=O) groups is 3. The molecule has 0 bridgehead atoms. The van der Waals surface area contributed by atoms with E-state index in [1.165, 1.54) is 63.5 Å². The molecule has 0 aliphatic rings. The van der Waals surface area contributed by atoms with Crippen LogP contribution < -0.4 is 0 Å². The Kier molecular flexibility index (Phi) is 12.6. The smallest absolute Gasteiger partial charge is 0.339 e. The molecule has 7 heteroatoms. The summed E-state index contributed by atoms with van der Waals surface area (Å²) < 4.78 is 5.44. The Balaban J connectivity index is 2.35. The van der Waals surface area contributed by atoms with Gasteiger partial charge < -0.3 is 14.9 Å². The van der Waals surface area contributed by atoms with Crippen LogP contribution >= 0.6 is 22.6 Å². The van der Waals surface area contributed by atoms with Crippen LogP contribution in [0.5, 0.6) is 0 Å². The average Bonchev–Trinajstić information content (AvgIpc) is 2.67. The lowest BCUT2D eigenvalue weighted by Gasteiger charge is -2.11. The Morgan fingerprint density at radius 1 is 0.793 bits per heavy atom. The number of hydrogen-bond donors (Lipinski definition) is 2. The van der Waals surface area contributed by atoms with Crippen molar-refractivity contribution < 1.29 is 29.3 Å². The Bertz CT molecular complexity index is 686. The molecular formula is C22H31IO6. The van der Waals surface area contributed by atoms with Crippen LogP contribution in [0.2, 0.25) is 0 Å². The maximum Gasteiger partial charge on any atom is 0.339 e. The lowest BCUT2D eigenvalue weighted by atomic mass is 10.0. The van der Waals surface area contributed by atoms with Crippen molar-refractivity contribution in [2.75, 3.05) is 6.61 Å². The first kappa shape index (κ1) is 25.4. The Hall–Kier alpha value is -1.64. The van der Waals surface area contributed by atoms with E-state index < -0.39 is 23.5 Å². The molecule has 0 heterocycles. The highest BCUT2D eigenvalue weighted by Gasteiger charge is 2.27. The number of esters is 1. The summed E-state index contributed by atoms with van der Waals surface area (Å²) in [6, 6.07) is 2.72. The molecule has 29 heavy (non-hydrogen) atoms. The molecule has 162 valence electrons. The monoisotopic (exact) mass is 518 g/mol. The van der Waals surface area contributed by atoms with E-state index in [-0.39, 0.29) is 21.3 Å². The predicted molar refractivity (Wildman–Crippen MR) is 120 cm³/mol. The molecule has 0 radical (unpaired) electrons. The number of halogens is 1. The maximum absolute atomic E-state index is 12.3. The van der Waals surface area contributed by atoms with Crippen LogP contribution in [0.15, 0.2) is 12.1 Å². The molecule has 0 amide bonds. The summed E-state index contributed by atoms with van der Waals surface area (Å²) in [7, 11) is 0. The molecular weight excluding hydrogens is 487 g/mol. The molecule has 0 saturated heterocycles. The van der Waals surface area contributed by atoms with Crippen LogP contribution in [-0.4, -0.2) is 34.7 Å². The van der Waals surface area contributed by atoms with Gasteiger partial charge in [0.1, 0.15) is 0 Å². The molecule has 0 aromatic heterocycles. The van der Waals surface area contributed by atoms with Crippen molar-refractivity contribution in [1.29, 1.82) is 0 Å². The lowest BCUT2D eigenvalue weighted by Crippen LogP contribution is -2.18.